The van der Waals surface area contributed by atoms with E-state index in [9.17, 15) is 9.59 Å². The van der Waals surface area contributed by atoms with E-state index in [1.165, 1.54) is 18.5 Å². The SMILES string of the molecule is NCCCC[C@@H](N)C(=O)OC(=O)c1cccnc1. The third-order valence-corrected chi connectivity index (χ3v) is 2.36. The molecule has 1 heterocycles. The predicted octanol–water partition coefficient (Wildman–Crippen LogP) is 0.221. The second-order valence-corrected chi connectivity index (χ2v) is 3.84. The van der Waals surface area contributed by atoms with Crippen LogP contribution in [0.1, 0.15) is 29.6 Å². The summed E-state index contributed by atoms with van der Waals surface area (Å²) in [4.78, 5) is 26.8. The highest BCUT2D eigenvalue weighted by atomic mass is 16.6. The average Bonchev–Trinajstić information content (AvgIpc) is 2.39. The molecular formula is C12H17N3O3. The Bertz CT molecular complexity index is 395. The smallest absolute Gasteiger partial charge is 0.347 e. The molecule has 0 aliphatic rings. The van der Waals surface area contributed by atoms with E-state index in [0.29, 0.717) is 13.0 Å². The van der Waals surface area contributed by atoms with E-state index in [2.05, 4.69) is 9.72 Å². The molecule has 0 aliphatic heterocycles. The largest absolute Gasteiger partial charge is 0.388 e. The molecule has 0 saturated carbocycles. The molecule has 4 N–H and O–H groups in total. The summed E-state index contributed by atoms with van der Waals surface area (Å²) in [5, 5.41) is 0. The van der Waals surface area contributed by atoms with Gasteiger partial charge in [-0.3, -0.25) is 4.98 Å². The minimum Gasteiger partial charge on any atom is -0.388 e. The molecule has 1 aromatic heterocycles. The fraction of sp³-hybridized carbons (Fsp3) is 0.417. The van der Waals surface area contributed by atoms with Gasteiger partial charge in [0.05, 0.1) is 5.56 Å². The predicted molar refractivity (Wildman–Crippen MR) is 65.5 cm³/mol. The molecule has 0 bridgehead atoms. The number of ether oxygens (including phenoxy) is 1. The first-order valence-electron chi connectivity index (χ1n) is 5.77. The number of nitrogens with two attached hydrogens (primary N) is 2. The van der Waals surface area contributed by atoms with Gasteiger partial charge in [-0.15, -0.1) is 0 Å². The molecule has 0 spiro atoms. The first kappa shape index (κ1) is 14.3. The number of esters is 2. The van der Waals surface area contributed by atoms with Gasteiger partial charge in [-0.05, 0) is 31.5 Å². The molecule has 1 atom stereocenters. The molecule has 1 rings (SSSR count). The lowest BCUT2D eigenvalue weighted by atomic mass is 10.1. The number of carbonyl (C=O) groups is 2. The van der Waals surface area contributed by atoms with Crippen molar-refractivity contribution in [3.63, 3.8) is 0 Å². The van der Waals surface area contributed by atoms with Crippen LogP contribution in [-0.4, -0.2) is 29.5 Å². The van der Waals surface area contributed by atoms with Crippen molar-refractivity contribution in [1.82, 2.24) is 4.98 Å². The summed E-state index contributed by atoms with van der Waals surface area (Å²) in [5.41, 5.74) is 11.2. The molecule has 0 unspecified atom stereocenters. The van der Waals surface area contributed by atoms with E-state index in [0.717, 1.165) is 12.8 Å². The minimum atomic E-state index is -0.794. The van der Waals surface area contributed by atoms with E-state index in [-0.39, 0.29) is 5.56 Å². The summed E-state index contributed by atoms with van der Waals surface area (Å²) in [7, 11) is 0. The number of rotatable bonds is 6. The van der Waals surface area contributed by atoms with Gasteiger partial charge in [-0.2, -0.15) is 0 Å². The van der Waals surface area contributed by atoms with Crippen LogP contribution in [0.2, 0.25) is 0 Å². The van der Waals surface area contributed by atoms with Crippen LogP contribution in [-0.2, 0) is 9.53 Å². The molecule has 1 aromatic rings. The molecule has 18 heavy (non-hydrogen) atoms. The maximum Gasteiger partial charge on any atom is 0.347 e. The molecule has 0 aromatic carbocycles. The second-order valence-electron chi connectivity index (χ2n) is 3.84. The molecule has 98 valence electrons. The maximum absolute atomic E-state index is 11.5. The highest BCUT2D eigenvalue weighted by molar-refractivity contribution is 5.97. The number of carbonyl (C=O) groups excluding carboxylic acids is 2. The number of pyridine rings is 1. The molecule has 6 heteroatoms. The van der Waals surface area contributed by atoms with Crippen LogP contribution in [0.5, 0.6) is 0 Å². The van der Waals surface area contributed by atoms with Crippen molar-refractivity contribution < 1.29 is 14.3 Å². The minimum absolute atomic E-state index is 0.222. The topological polar surface area (TPSA) is 108 Å². The molecule has 0 amide bonds. The van der Waals surface area contributed by atoms with E-state index in [1.54, 1.807) is 6.07 Å². The molecule has 0 fully saturated rings. The molecule has 0 saturated heterocycles. The number of hydrogen-bond donors (Lipinski definition) is 2. The quantitative estimate of drug-likeness (QED) is 0.425. The number of nitrogens with zero attached hydrogens (tertiary/aromatic N) is 1. The third-order valence-electron chi connectivity index (χ3n) is 2.36. The Kier molecular flexibility index (Phi) is 5.96. The normalized spacial score (nSPS) is 11.9. The Morgan fingerprint density at radius 1 is 1.39 bits per heavy atom. The fourth-order valence-electron chi connectivity index (χ4n) is 1.34. The van der Waals surface area contributed by atoms with Crippen molar-refractivity contribution in [1.29, 1.82) is 0 Å². The van der Waals surface area contributed by atoms with Crippen LogP contribution < -0.4 is 11.5 Å². The van der Waals surface area contributed by atoms with Crippen molar-refractivity contribution in [2.24, 2.45) is 11.5 Å². The van der Waals surface area contributed by atoms with Gasteiger partial charge in [0.1, 0.15) is 6.04 Å². The zero-order valence-corrected chi connectivity index (χ0v) is 10.0. The lowest BCUT2D eigenvalue weighted by Gasteiger charge is -2.09. The van der Waals surface area contributed by atoms with E-state index >= 15 is 0 Å². The van der Waals surface area contributed by atoms with Crippen molar-refractivity contribution in [2.45, 2.75) is 25.3 Å². The maximum atomic E-state index is 11.5. The summed E-state index contributed by atoms with van der Waals surface area (Å²) in [5.74, 6) is -1.46. The van der Waals surface area contributed by atoms with Gasteiger partial charge in [0, 0.05) is 12.4 Å². The van der Waals surface area contributed by atoms with Crippen molar-refractivity contribution >= 4 is 11.9 Å². The van der Waals surface area contributed by atoms with Gasteiger partial charge in [-0.1, -0.05) is 6.42 Å². The van der Waals surface area contributed by atoms with Crippen LogP contribution >= 0.6 is 0 Å². The number of aromatic nitrogens is 1. The fourth-order valence-corrected chi connectivity index (χ4v) is 1.34. The second kappa shape index (κ2) is 7.52. The van der Waals surface area contributed by atoms with E-state index in [1.807, 2.05) is 0 Å². The van der Waals surface area contributed by atoms with Crippen LogP contribution in [0.25, 0.3) is 0 Å². The van der Waals surface area contributed by atoms with Gasteiger partial charge in [0.15, 0.2) is 0 Å². The highest BCUT2D eigenvalue weighted by Gasteiger charge is 2.19. The monoisotopic (exact) mass is 251 g/mol. The number of hydrogen-bond acceptors (Lipinski definition) is 6. The third kappa shape index (κ3) is 4.60. The molecule has 0 radical (unpaired) electrons. The Hall–Kier alpha value is -1.79. The summed E-state index contributed by atoms with van der Waals surface area (Å²) in [6, 6.07) is 2.31. The number of unbranched alkanes of at least 4 members (excludes halogenated alkanes) is 1. The molecule has 0 aliphatic carbocycles. The van der Waals surface area contributed by atoms with Crippen LogP contribution in [0.15, 0.2) is 24.5 Å². The summed E-state index contributed by atoms with van der Waals surface area (Å²) < 4.78 is 4.65. The van der Waals surface area contributed by atoms with Crippen LogP contribution in [0, 0.1) is 0 Å². The molecular weight excluding hydrogens is 234 g/mol. The van der Waals surface area contributed by atoms with Crippen LogP contribution in [0.4, 0.5) is 0 Å². The standard InChI is InChI=1S/C12H17N3O3/c13-6-2-1-5-10(14)12(17)18-11(16)9-4-3-7-15-8-9/h3-4,7-8,10H,1-2,5-6,13-14H2/t10-/m1/s1. The Labute approximate surface area is 105 Å². The summed E-state index contributed by atoms with van der Waals surface area (Å²) >= 11 is 0. The summed E-state index contributed by atoms with van der Waals surface area (Å²) in [6.45, 7) is 0.552. The lowest BCUT2D eigenvalue weighted by Crippen LogP contribution is -2.33. The van der Waals surface area contributed by atoms with Gasteiger partial charge in [-0.25, -0.2) is 9.59 Å². The van der Waals surface area contributed by atoms with Crippen molar-refractivity contribution in [2.75, 3.05) is 6.54 Å². The van der Waals surface area contributed by atoms with E-state index < -0.39 is 18.0 Å². The Balaban J connectivity index is 2.42. The van der Waals surface area contributed by atoms with Crippen LogP contribution in [0.3, 0.4) is 0 Å². The Morgan fingerprint density at radius 3 is 2.78 bits per heavy atom. The Morgan fingerprint density at radius 2 is 2.17 bits per heavy atom. The van der Waals surface area contributed by atoms with Gasteiger partial charge in [0.2, 0.25) is 0 Å². The van der Waals surface area contributed by atoms with Crippen molar-refractivity contribution in [3.05, 3.63) is 30.1 Å². The lowest BCUT2D eigenvalue weighted by molar-refractivity contribution is -0.139. The average molecular weight is 251 g/mol. The zero-order chi connectivity index (χ0) is 13.4. The first-order valence-corrected chi connectivity index (χ1v) is 5.77. The van der Waals surface area contributed by atoms with Gasteiger partial charge in [0.25, 0.3) is 0 Å². The van der Waals surface area contributed by atoms with E-state index in [4.69, 9.17) is 11.5 Å². The first-order chi connectivity index (χ1) is 8.65. The van der Waals surface area contributed by atoms with Gasteiger partial charge < -0.3 is 16.2 Å². The zero-order valence-electron chi connectivity index (χ0n) is 10.0. The summed E-state index contributed by atoms with van der Waals surface area (Å²) in [6.07, 6.45) is 4.83. The van der Waals surface area contributed by atoms with Gasteiger partial charge >= 0.3 is 11.9 Å². The highest BCUT2D eigenvalue weighted by Crippen LogP contribution is 2.03. The van der Waals surface area contributed by atoms with Crippen molar-refractivity contribution in [3.8, 4) is 0 Å². The molecule has 6 nitrogen and oxygen atoms in total.